The number of rotatable bonds is 6. The molecule has 106 valence electrons. The summed E-state index contributed by atoms with van der Waals surface area (Å²) in [6, 6.07) is 2.55. The van der Waals surface area contributed by atoms with E-state index < -0.39 is 26.7 Å². The summed E-state index contributed by atoms with van der Waals surface area (Å²) >= 11 is 0. The van der Waals surface area contributed by atoms with Gasteiger partial charge in [-0.25, -0.2) is 22.3 Å². The van der Waals surface area contributed by atoms with Crippen molar-refractivity contribution in [3.05, 3.63) is 29.6 Å². The molecule has 0 saturated carbocycles. The molecule has 0 spiro atoms. The van der Waals surface area contributed by atoms with Crippen LogP contribution in [0.3, 0.4) is 0 Å². The number of halogens is 1. The number of aromatic carboxylic acids is 1. The number of benzene rings is 1. The highest BCUT2D eigenvalue weighted by molar-refractivity contribution is 7.89. The third-order valence-electron chi connectivity index (χ3n) is 2.40. The van der Waals surface area contributed by atoms with E-state index in [0.29, 0.717) is 6.07 Å². The maximum absolute atomic E-state index is 13.6. The second-order valence-electron chi connectivity index (χ2n) is 4.09. The molecule has 0 amide bonds. The molecule has 1 rings (SSSR count). The molecular weight excluding hydrogens is 277 g/mol. The average Bonchev–Trinajstić information content (AvgIpc) is 2.35. The van der Waals surface area contributed by atoms with Crippen LogP contribution in [0.25, 0.3) is 0 Å². The van der Waals surface area contributed by atoms with E-state index in [4.69, 9.17) is 10.2 Å². The van der Waals surface area contributed by atoms with E-state index in [2.05, 4.69) is 4.72 Å². The summed E-state index contributed by atoms with van der Waals surface area (Å²) in [5.74, 6) is -2.79. The lowest BCUT2D eigenvalue weighted by molar-refractivity contribution is 0.0696. The normalized spacial score (nSPS) is 13.2. The molecule has 0 radical (unpaired) electrons. The van der Waals surface area contributed by atoms with Crippen LogP contribution in [-0.2, 0) is 10.0 Å². The van der Waals surface area contributed by atoms with Crippen molar-refractivity contribution in [2.24, 2.45) is 5.92 Å². The Labute approximate surface area is 109 Å². The van der Waals surface area contributed by atoms with Gasteiger partial charge in [-0.15, -0.1) is 0 Å². The minimum Gasteiger partial charge on any atom is -0.478 e. The van der Waals surface area contributed by atoms with Crippen molar-refractivity contribution in [2.45, 2.75) is 11.8 Å². The maximum atomic E-state index is 13.6. The van der Waals surface area contributed by atoms with Crippen molar-refractivity contribution < 1.29 is 27.8 Å². The fourth-order valence-electron chi connectivity index (χ4n) is 1.25. The third kappa shape index (κ3) is 3.98. The highest BCUT2D eigenvalue weighted by Gasteiger charge is 2.20. The van der Waals surface area contributed by atoms with E-state index in [-0.39, 0.29) is 24.6 Å². The van der Waals surface area contributed by atoms with Crippen molar-refractivity contribution in [3.63, 3.8) is 0 Å². The minimum atomic E-state index is -4.07. The van der Waals surface area contributed by atoms with E-state index in [1.807, 2.05) is 0 Å². The molecule has 1 aromatic carbocycles. The van der Waals surface area contributed by atoms with Crippen LogP contribution in [0, 0.1) is 11.7 Å². The van der Waals surface area contributed by atoms with Gasteiger partial charge in [0, 0.05) is 13.2 Å². The van der Waals surface area contributed by atoms with E-state index in [9.17, 15) is 17.6 Å². The summed E-state index contributed by atoms with van der Waals surface area (Å²) in [5, 5.41) is 17.4. The van der Waals surface area contributed by atoms with Gasteiger partial charge in [-0.05, 0) is 24.1 Å². The third-order valence-corrected chi connectivity index (χ3v) is 3.86. The lowest BCUT2D eigenvalue weighted by atomic mass is 10.2. The molecule has 0 bridgehead atoms. The number of carboxylic acids is 1. The highest BCUT2D eigenvalue weighted by atomic mass is 32.2. The van der Waals surface area contributed by atoms with Crippen LogP contribution in [0.1, 0.15) is 17.3 Å². The van der Waals surface area contributed by atoms with Crippen LogP contribution in [0.2, 0.25) is 0 Å². The van der Waals surface area contributed by atoms with Gasteiger partial charge in [-0.1, -0.05) is 6.92 Å². The van der Waals surface area contributed by atoms with Crippen molar-refractivity contribution in [3.8, 4) is 0 Å². The van der Waals surface area contributed by atoms with Gasteiger partial charge in [-0.3, -0.25) is 0 Å². The summed E-state index contributed by atoms with van der Waals surface area (Å²) in [4.78, 5) is 9.99. The van der Waals surface area contributed by atoms with E-state index in [0.717, 1.165) is 12.1 Å². The molecule has 0 aliphatic heterocycles. The molecule has 6 nitrogen and oxygen atoms in total. The molecule has 0 aliphatic rings. The zero-order chi connectivity index (χ0) is 14.6. The molecule has 0 fully saturated rings. The van der Waals surface area contributed by atoms with Gasteiger partial charge in [0.05, 0.1) is 5.56 Å². The number of aliphatic hydroxyl groups excluding tert-OH is 1. The number of carboxylic acid groups (broad SMARTS) is 1. The largest absolute Gasteiger partial charge is 0.478 e. The van der Waals surface area contributed by atoms with Gasteiger partial charge in [0.15, 0.2) is 0 Å². The Bertz CT molecular complexity index is 572. The Morgan fingerprint density at radius 1 is 1.47 bits per heavy atom. The summed E-state index contributed by atoms with van der Waals surface area (Å²) in [6.45, 7) is 1.37. The zero-order valence-electron chi connectivity index (χ0n) is 10.1. The average molecular weight is 291 g/mol. The van der Waals surface area contributed by atoms with Crippen LogP contribution in [0.5, 0.6) is 0 Å². The molecular formula is C11H14FNO5S. The summed E-state index contributed by atoms with van der Waals surface area (Å²) in [7, 11) is -4.07. The Kier molecular flexibility index (Phi) is 4.98. The van der Waals surface area contributed by atoms with Crippen molar-refractivity contribution in [2.75, 3.05) is 13.2 Å². The Hall–Kier alpha value is -1.51. The number of aliphatic hydroxyl groups is 1. The molecule has 1 aromatic rings. The van der Waals surface area contributed by atoms with Gasteiger partial charge < -0.3 is 10.2 Å². The molecule has 0 heterocycles. The van der Waals surface area contributed by atoms with Gasteiger partial charge in [0.1, 0.15) is 10.7 Å². The van der Waals surface area contributed by atoms with E-state index >= 15 is 0 Å². The van der Waals surface area contributed by atoms with Crippen molar-refractivity contribution in [1.29, 1.82) is 0 Å². The van der Waals surface area contributed by atoms with Crippen LogP contribution in [0.15, 0.2) is 23.1 Å². The number of carbonyl (C=O) groups is 1. The first kappa shape index (κ1) is 15.5. The molecule has 0 saturated heterocycles. The summed E-state index contributed by atoms with van der Waals surface area (Å²) in [6.07, 6.45) is 0. The van der Waals surface area contributed by atoms with Gasteiger partial charge in [0.25, 0.3) is 0 Å². The molecule has 1 atom stereocenters. The lowest BCUT2D eigenvalue weighted by Gasteiger charge is -2.11. The smallest absolute Gasteiger partial charge is 0.335 e. The predicted molar refractivity (Wildman–Crippen MR) is 64.8 cm³/mol. The van der Waals surface area contributed by atoms with Crippen molar-refractivity contribution >= 4 is 16.0 Å². The van der Waals surface area contributed by atoms with Crippen LogP contribution in [-0.4, -0.2) is 37.8 Å². The Balaban J connectivity index is 2.99. The van der Waals surface area contributed by atoms with Gasteiger partial charge in [0.2, 0.25) is 10.0 Å². The molecule has 1 unspecified atom stereocenters. The van der Waals surface area contributed by atoms with Crippen LogP contribution in [0.4, 0.5) is 4.39 Å². The molecule has 19 heavy (non-hydrogen) atoms. The molecule has 0 aromatic heterocycles. The van der Waals surface area contributed by atoms with Crippen LogP contribution >= 0.6 is 0 Å². The second kappa shape index (κ2) is 6.09. The molecule has 0 aliphatic carbocycles. The summed E-state index contributed by atoms with van der Waals surface area (Å²) in [5.41, 5.74) is -0.333. The Morgan fingerprint density at radius 3 is 2.58 bits per heavy atom. The van der Waals surface area contributed by atoms with Gasteiger partial charge in [-0.2, -0.15) is 0 Å². The number of hydrogen-bond donors (Lipinski definition) is 3. The first-order chi connectivity index (χ1) is 8.77. The van der Waals surface area contributed by atoms with E-state index in [1.165, 1.54) is 0 Å². The minimum absolute atomic E-state index is 0.0427. The SMILES string of the molecule is CC(CO)CNS(=O)(=O)c1ccc(C(=O)O)cc1F. The zero-order valence-corrected chi connectivity index (χ0v) is 10.9. The predicted octanol–water partition coefficient (Wildman–Crippen LogP) is 0.431. The van der Waals surface area contributed by atoms with Crippen LogP contribution < -0.4 is 4.72 Å². The first-order valence-electron chi connectivity index (χ1n) is 5.41. The molecule has 8 heteroatoms. The number of sulfonamides is 1. The number of hydrogen-bond acceptors (Lipinski definition) is 4. The maximum Gasteiger partial charge on any atom is 0.335 e. The van der Waals surface area contributed by atoms with Crippen molar-refractivity contribution in [1.82, 2.24) is 4.72 Å². The topological polar surface area (TPSA) is 104 Å². The Morgan fingerprint density at radius 2 is 2.11 bits per heavy atom. The first-order valence-corrected chi connectivity index (χ1v) is 6.89. The standard InChI is InChI=1S/C11H14FNO5S/c1-7(6-14)5-13-19(17,18)10-3-2-8(11(15)16)4-9(10)12/h2-4,7,13-14H,5-6H2,1H3,(H,15,16). The fraction of sp³-hybridized carbons (Fsp3) is 0.364. The lowest BCUT2D eigenvalue weighted by Crippen LogP contribution is -2.30. The highest BCUT2D eigenvalue weighted by Crippen LogP contribution is 2.16. The fourth-order valence-corrected chi connectivity index (χ4v) is 2.47. The molecule has 3 N–H and O–H groups in total. The number of nitrogens with one attached hydrogen (secondary N) is 1. The quantitative estimate of drug-likeness (QED) is 0.705. The van der Waals surface area contributed by atoms with E-state index in [1.54, 1.807) is 6.92 Å². The summed E-state index contributed by atoms with van der Waals surface area (Å²) < 4.78 is 39.3. The second-order valence-corrected chi connectivity index (χ2v) is 5.83. The monoisotopic (exact) mass is 291 g/mol. The van der Waals surface area contributed by atoms with Gasteiger partial charge >= 0.3 is 5.97 Å².